The number of anilines is 2. The molecule has 2 aliphatic heterocycles. The minimum absolute atomic E-state index is 0.438. The Labute approximate surface area is 251 Å². The van der Waals surface area contributed by atoms with Crippen LogP contribution in [0.5, 0.6) is 5.75 Å². The van der Waals surface area contributed by atoms with Gasteiger partial charge in [0, 0.05) is 71.3 Å². The number of hydrogen-bond acceptors (Lipinski definition) is 10. The lowest BCUT2D eigenvalue weighted by molar-refractivity contribution is 0.117. The highest BCUT2D eigenvalue weighted by Crippen LogP contribution is 2.29. The maximum Gasteiger partial charge on any atom is 0.282 e. The fraction of sp³-hybridized carbons (Fsp3) is 0.448. The van der Waals surface area contributed by atoms with Crippen molar-refractivity contribution in [2.24, 2.45) is 5.92 Å². The van der Waals surface area contributed by atoms with Gasteiger partial charge in [0.25, 0.3) is 10.2 Å². The summed E-state index contributed by atoms with van der Waals surface area (Å²) in [7, 11) is -0.144. The molecule has 0 saturated carbocycles. The number of aromatic amines is 1. The summed E-state index contributed by atoms with van der Waals surface area (Å²) in [6.07, 6.45) is 6.60. The Morgan fingerprint density at radius 1 is 1.00 bits per heavy atom. The van der Waals surface area contributed by atoms with Crippen LogP contribution in [-0.4, -0.2) is 107 Å². The van der Waals surface area contributed by atoms with Crippen molar-refractivity contribution in [3.63, 3.8) is 0 Å². The van der Waals surface area contributed by atoms with Crippen molar-refractivity contribution in [1.29, 1.82) is 0 Å². The van der Waals surface area contributed by atoms with Gasteiger partial charge in [-0.1, -0.05) is 6.07 Å². The molecule has 0 aliphatic carbocycles. The van der Waals surface area contributed by atoms with Crippen LogP contribution in [0.1, 0.15) is 18.4 Å². The number of aromatic nitrogens is 5. The van der Waals surface area contributed by atoms with Gasteiger partial charge in [0.1, 0.15) is 17.8 Å². The van der Waals surface area contributed by atoms with Crippen molar-refractivity contribution in [2.75, 3.05) is 65.4 Å². The molecule has 0 radical (unpaired) electrons. The van der Waals surface area contributed by atoms with E-state index in [1.807, 2.05) is 30.3 Å². The summed E-state index contributed by atoms with van der Waals surface area (Å²) in [5, 5.41) is 3.28. The van der Waals surface area contributed by atoms with Gasteiger partial charge in [0.2, 0.25) is 5.95 Å². The molecule has 0 bridgehead atoms. The van der Waals surface area contributed by atoms with Crippen LogP contribution in [0.25, 0.3) is 22.3 Å². The average molecular weight is 608 g/mol. The molecule has 0 unspecified atom stereocenters. The maximum absolute atomic E-state index is 13.2. The van der Waals surface area contributed by atoms with E-state index >= 15 is 0 Å². The van der Waals surface area contributed by atoms with E-state index in [0.717, 1.165) is 35.0 Å². The Hall–Kier alpha value is -3.69. The zero-order valence-corrected chi connectivity index (χ0v) is 25.3. The van der Waals surface area contributed by atoms with Crippen LogP contribution >= 0.6 is 0 Å². The smallest absolute Gasteiger partial charge is 0.282 e. The molecule has 2 N–H and O–H groups in total. The van der Waals surface area contributed by atoms with Crippen LogP contribution in [0.2, 0.25) is 0 Å². The summed E-state index contributed by atoms with van der Waals surface area (Å²) >= 11 is 0. The van der Waals surface area contributed by atoms with Crippen LogP contribution < -0.4 is 10.1 Å². The molecule has 228 valence electrons. The number of pyridine rings is 1. The Morgan fingerprint density at radius 2 is 1.79 bits per heavy atom. The zero-order valence-electron chi connectivity index (χ0n) is 24.4. The van der Waals surface area contributed by atoms with Gasteiger partial charge in [-0.3, -0.25) is 4.90 Å². The summed E-state index contributed by atoms with van der Waals surface area (Å²) < 4.78 is 40.4. The molecule has 4 aromatic rings. The number of fused-ring (bicyclic) bond motifs is 1. The molecule has 2 fully saturated rings. The largest absolute Gasteiger partial charge is 0.493 e. The second kappa shape index (κ2) is 12.9. The monoisotopic (exact) mass is 607 g/mol. The maximum atomic E-state index is 13.2. The lowest BCUT2D eigenvalue weighted by atomic mass is 9.99. The molecule has 3 aromatic heterocycles. The number of piperidine rings is 1. The van der Waals surface area contributed by atoms with E-state index in [9.17, 15) is 8.42 Å². The third-order valence-corrected chi connectivity index (χ3v) is 10.1. The topological polar surface area (TPSA) is 142 Å². The van der Waals surface area contributed by atoms with Gasteiger partial charge in [-0.15, -0.1) is 0 Å². The first-order valence-electron chi connectivity index (χ1n) is 14.5. The predicted octanol–water partition coefficient (Wildman–Crippen LogP) is 2.89. The fourth-order valence-electron chi connectivity index (χ4n) is 5.74. The average Bonchev–Trinajstić information content (AvgIpc) is 3.43. The third kappa shape index (κ3) is 6.63. The van der Waals surface area contributed by atoms with Crippen molar-refractivity contribution in [3.05, 3.63) is 54.6 Å². The Morgan fingerprint density at radius 3 is 2.56 bits per heavy atom. The van der Waals surface area contributed by atoms with Crippen molar-refractivity contribution >= 4 is 33.0 Å². The number of nitrogens with zero attached hydrogens (tertiary/aromatic N) is 7. The van der Waals surface area contributed by atoms with Gasteiger partial charge in [0.15, 0.2) is 5.75 Å². The number of rotatable bonds is 10. The number of benzene rings is 1. The van der Waals surface area contributed by atoms with Crippen molar-refractivity contribution < 1.29 is 17.9 Å². The molecule has 5 heterocycles. The van der Waals surface area contributed by atoms with Gasteiger partial charge in [-0.25, -0.2) is 19.9 Å². The van der Waals surface area contributed by atoms with Gasteiger partial charge >= 0.3 is 0 Å². The molecule has 13 nitrogen and oxygen atoms in total. The quantitative estimate of drug-likeness (QED) is 0.276. The van der Waals surface area contributed by atoms with Crippen LogP contribution in [0, 0.1) is 5.92 Å². The van der Waals surface area contributed by atoms with E-state index in [1.54, 1.807) is 35.2 Å². The van der Waals surface area contributed by atoms with Crippen LogP contribution in [0.15, 0.2) is 49.1 Å². The molecular formula is C29H37N9O4S. The Kier molecular flexibility index (Phi) is 8.81. The lowest BCUT2D eigenvalue weighted by Gasteiger charge is -2.38. The SMILES string of the molecule is COCC1CCN(S(=O)(=O)N2CCN(Cc3ccnc(Nc4nc5ccc(-c6ncncc6OC)cc5[nH]4)c3)CC2)CC1. The van der Waals surface area contributed by atoms with E-state index in [0.29, 0.717) is 81.5 Å². The minimum Gasteiger partial charge on any atom is -0.493 e. The van der Waals surface area contributed by atoms with E-state index in [-0.39, 0.29) is 0 Å². The summed E-state index contributed by atoms with van der Waals surface area (Å²) in [4.78, 5) is 23.1. The Balaban J connectivity index is 1.05. The van der Waals surface area contributed by atoms with Gasteiger partial charge in [-0.2, -0.15) is 17.0 Å². The molecule has 2 aliphatic rings. The van der Waals surface area contributed by atoms with E-state index in [4.69, 9.17) is 9.47 Å². The number of nitrogens with one attached hydrogen (secondary N) is 2. The standard InChI is InChI=1S/C29H37N9O4S/c1-41-19-21-6-9-37(10-7-21)43(39,40)38-13-11-36(12-14-38)18-22-5-8-31-27(15-22)35-29-33-24-4-3-23(16-25(24)34-29)28-26(42-2)17-30-20-32-28/h3-5,8,15-17,20-21H,6-7,9-14,18-19H2,1-2H3,(H2,31,33,34,35). The van der Waals surface area contributed by atoms with Gasteiger partial charge in [0.05, 0.1) is 24.3 Å². The summed E-state index contributed by atoms with van der Waals surface area (Å²) in [6.45, 7) is 4.84. The van der Waals surface area contributed by atoms with Crippen molar-refractivity contribution in [2.45, 2.75) is 19.4 Å². The van der Waals surface area contributed by atoms with Crippen LogP contribution in [0.3, 0.4) is 0 Å². The number of methoxy groups -OCH3 is 2. The molecule has 0 atom stereocenters. The van der Waals surface area contributed by atoms with Crippen LogP contribution in [0.4, 0.5) is 11.8 Å². The molecule has 0 spiro atoms. The van der Waals surface area contributed by atoms with E-state index < -0.39 is 10.2 Å². The molecule has 2 saturated heterocycles. The fourth-order valence-corrected chi connectivity index (χ4v) is 7.37. The Bertz CT molecular complexity index is 1650. The van der Waals surface area contributed by atoms with E-state index in [2.05, 4.69) is 35.1 Å². The predicted molar refractivity (Wildman–Crippen MR) is 163 cm³/mol. The van der Waals surface area contributed by atoms with E-state index in [1.165, 1.54) is 6.33 Å². The van der Waals surface area contributed by atoms with Crippen LogP contribution in [-0.2, 0) is 21.5 Å². The highest BCUT2D eigenvalue weighted by molar-refractivity contribution is 7.86. The molecule has 0 amide bonds. The number of H-pyrrole nitrogens is 1. The van der Waals surface area contributed by atoms with Crippen molar-refractivity contribution in [3.8, 4) is 17.0 Å². The second-order valence-corrected chi connectivity index (χ2v) is 12.8. The molecule has 14 heteroatoms. The number of hydrogen-bond donors (Lipinski definition) is 2. The van der Waals surface area contributed by atoms with Gasteiger partial charge in [-0.05, 0) is 48.6 Å². The summed E-state index contributed by atoms with van der Waals surface area (Å²) in [5.74, 6) is 2.29. The highest BCUT2D eigenvalue weighted by Gasteiger charge is 2.34. The lowest BCUT2D eigenvalue weighted by Crippen LogP contribution is -2.54. The third-order valence-electron chi connectivity index (χ3n) is 8.09. The normalized spacial score (nSPS) is 17.8. The first-order chi connectivity index (χ1) is 20.9. The summed E-state index contributed by atoms with van der Waals surface area (Å²) in [6, 6.07) is 9.84. The molecule has 6 rings (SSSR count). The first kappa shape index (κ1) is 29.4. The first-order valence-corrected chi connectivity index (χ1v) is 15.8. The van der Waals surface area contributed by atoms with Gasteiger partial charge < -0.3 is 19.8 Å². The molecule has 1 aromatic carbocycles. The highest BCUT2D eigenvalue weighted by atomic mass is 32.2. The molecular weight excluding hydrogens is 570 g/mol. The zero-order chi connectivity index (χ0) is 29.8. The number of piperazine rings is 1. The second-order valence-electron chi connectivity index (χ2n) is 10.9. The number of ether oxygens (including phenoxy) is 2. The summed E-state index contributed by atoms with van der Waals surface area (Å²) in [5.41, 5.74) is 4.34. The number of imidazole rings is 1. The molecule has 43 heavy (non-hydrogen) atoms. The van der Waals surface area contributed by atoms with Crippen molar-refractivity contribution in [1.82, 2.24) is 38.4 Å². The minimum atomic E-state index is -3.44.